The van der Waals surface area contributed by atoms with E-state index in [1.54, 1.807) is 6.92 Å². The molecule has 1 aliphatic rings. The summed E-state index contributed by atoms with van der Waals surface area (Å²) in [5.41, 5.74) is 1.08. The Morgan fingerprint density at radius 1 is 1.09 bits per heavy atom. The third-order valence-electron chi connectivity index (χ3n) is 5.49. The second kappa shape index (κ2) is 8.93. The number of hydrogen-bond donors (Lipinski definition) is 1. The number of amides is 3. The molecule has 0 saturated carbocycles. The number of carbonyl (C=O) groups excluding carboxylic acids is 2. The summed E-state index contributed by atoms with van der Waals surface area (Å²) in [5.74, 6) is -0.215. The van der Waals surface area contributed by atoms with E-state index in [1.165, 1.54) is 28.9 Å². The fraction of sp³-hybridized carbons (Fsp3) is 0.318. The van der Waals surface area contributed by atoms with Crippen molar-refractivity contribution in [2.75, 3.05) is 0 Å². The molecular formula is C22H22F2N6O3. The molecule has 1 atom stereocenters. The van der Waals surface area contributed by atoms with E-state index < -0.39 is 24.1 Å². The number of aromatic nitrogens is 4. The molecule has 1 aliphatic heterocycles. The number of nitrogens with one attached hydrogen (secondary N) is 1. The van der Waals surface area contributed by atoms with Crippen LogP contribution in [0.15, 0.2) is 48.5 Å². The van der Waals surface area contributed by atoms with Crippen LogP contribution in [0.5, 0.6) is 5.75 Å². The van der Waals surface area contributed by atoms with Crippen LogP contribution in [0.2, 0.25) is 0 Å². The van der Waals surface area contributed by atoms with Crippen LogP contribution in [0.1, 0.15) is 37.2 Å². The van der Waals surface area contributed by atoms with Crippen molar-refractivity contribution < 1.29 is 23.1 Å². The van der Waals surface area contributed by atoms with E-state index in [4.69, 9.17) is 0 Å². The summed E-state index contributed by atoms with van der Waals surface area (Å²) < 4.78 is 30.4. The highest BCUT2D eigenvalue weighted by Crippen LogP contribution is 2.30. The summed E-state index contributed by atoms with van der Waals surface area (Å²) in [5, 5.41) is 14.2. The second-order valence-corrected chi connectivity index (χ2v) is 7.77. The number of aryl methyl sites for hydroxylation is 1. The molecule has 1 unspecified atom stereocenters. The third kappa shape index (κ3) is 4.38. The molecule has 0 aliphatic carbocycles. The maximum absolute atomic E-state index is 13.2. The zero-order valence-corrected chi connectivity index (χ0v) is 18.0. The number of tetrazole rings is 1. The van der Waals surface area contributed by atoms with Crippen LogP contribution in [0.4, 0.5) is 13.6 Å². The van der Waals surface area contributed by atoms with Crippen LogP contribution >= 0.6 is 0 Å². The summed E-state index contributed by atoms with van der Waals surface area (Å²) in [6, 6.07) is 12.7. The fourth-order valence-electron chi connectivity index (χ4n) is 3.74. The van der Waals surface area contributed by atoms with Crippen LogP contribution in [-0.4, -0.2) is 43.7 Å². The first-order chi connectivity index (χ1) is 15.8. The van der Waals surface area contributed by atoms with Gasteiger partial charge in [-0.2, -0.15) is 13.5 Å². The quantitative estimate of drug-likeness (QED) is 0.523. The molecular weight excluding hydrogens is 434 g/mol. The maximum Gasteiger partial charge on any atom is 0.387 e. The van der Waals surface area contributed by atoms with E-state index in [0.717, 1.165) is 23.3 Å². The fourth-order valence-corrected chi connectivity index (χ4v) is 3.74. The highest BCUT2D eigenvalue weighted by atomic mass is 19.3. The second-order valence-electron chi connectivity index (χ2n) is 7.77. The van der Waals surface area contributed by atoms with Gasteiger partial charge in [0.1, 0.15) is 11.3 Å². The number of imide groups is 1. The molecule has 1 aromatic heterocycles. The summed E-state index contributed by atoms with van der Waals surface area (Å²) in [7, 11) is 0. The number of carbonyl (C=O) groups is 2. The van der Waals surface area contributed by atoms with E-state index >= 15 is 0 Å². The lowest BCUT2D eigenvalue weighted by Crippen LogP contribution is -2.40. The molecule has 0 bridgehead atoms. The molecule has 2 aromatic carbocycles. The summed E-state index contributed by atoms with van der Waals surface area (Å²) in [6.07, 6.45) is 1.94. The average molecular weight is 456 g/mol. The Morgan fingerprint density at radius 2 is 1.79 bits per heavy atom. The predicted molar refractivity (Wildman–Crippen MR) is 113 cm³/mol. The maximum atomic E-state index is 13.2. The Balaban J connectivity index is 1.54. The normalized spacial score (nSPS) is 18.2. The predicted octanol–water partition coefficient (Wildman–Crippen LogP) is 3.18. The number of ether oxygens (including phenoxy) is 1. The minimum absolute atomic E-state index is 0.0156. The third-order valence-corrected chi connectivity index (χ3v) is 5.49. The monoisotopic (exact) mass is 456 g/mol. The molecule has 3 aromatic rings. The van der Waals surface area contributed by atoms with E-state index in [-0.39, 0.29) is 18.1 Å². The number of halogens is 2. The summed E-state index contributed by atoms with van der Waals surface area (Å²) in [4.78, 5) is 27.0. The van der Waals surface area contributed by atoms with Gasteiger partial charge in [-0.05, 0) is 59.2 Å². The molecule has 1 N–H and O–H groups in total. The van der Waals surface area contributed by atoms with E-state index in [0.29, 0.717) is 11.3 Å². The number of urea groups is 1. The SMILES string of the molecule is CCCc1ccc(C2(C)NC(=O)N(Cc3nnnn3-c3ccc(OC(F)F)cc3)C2=O)cc1. The molecule has 33 heavy (non-hydrogen) atoms. The zero-order valence-electron chi connectivity index (χ0n) is 18.0. The van der Waals surface area contributed by atoms with Crippen LogP contribution in [0, 0.1) is 0 Å². The largest absolute Gasteiger partial charge is 0.435 e. The van der Waals surface area contributed by atoms with Gasteiger partial charge in [0.05, 0.1) is 12.2 Å². The first kappa shape index (κ1) is 22.3. The van der Waals surface area contributed by atoms with Crippen molar-refractivity contribution in [3.05, 3.63) is 65.5 Å². The van der Waals surface area contributed by atoms with Gasteiger partial charge in [0.15, 0.2) is 5.82 Å². The molecule has 1 fully saturated rings. The standard InChI is InChI=1S/C22H22F2N6O3/c1-3-4-14-5-7-15(8-6-14)22(2)19(31)29(21(32)25-22)13-18-26-27-28-30(18)16-9-11-17(12-10-16)33-20(23)24/h5-12,20H,3-4,13H2,1-2H3,(H,25,32). The van der Waals surface area contributed by atoms with Crippen molar-refractivity contribution in [3.63, 3.8) is 0 Å². The highest BCUT2D eigenvalue weighted by Gasteiger charge is 2.49. The first-order valence-electron chi connectivity index (χ1n) is 10.4. The lowest BCUT2D eigenvalue weighted by Gasteiger charge is -2.22. The molecule has 1 saturated heterocycles. The number of hydrogen-bond acceptors (Lipinski definition) is 6. The van der Waals surface area contributed by atoms with Crippen molar-refractivity contribution in [2.24, 2.45) is 0 Å². The number of nitrogens with zero attached hydrogens (tertiary/aromatic N) is 5. The van der Waals surface area contributed by atoms with Crippen LogP contribution in [0.25, 0.3) is 5.69 Å². The Morgan fingerprint density at radius 3 is 2.42 bits per heavy atom. The van der Waals surface area contributed by atoms with Crippen molar-refractivity contribution in [1.29, 1.82) is 0 Å². The summed E-state index contributed by atoms with van der Waals surface area (Å²) >= 11 is 0. The molecule has 2 heterocycles. The van der Waals surface area contributed by atoms with Gasteiger partial charge < -0.3 is 10.1 Å². The minimum atomic E-state index is -2.93. The highest BCUT2D eigenvalue weighted by molar-refractivity contribution is 6.07. The van der Waals surface area contributed by atoms with Crippen LogP contribution in [-0.2, 0) is 23.3 Å². The van der Waals surface area contributed by atoms with Gasteiger partial charge >= 0.3 is 12.6 Å². The Hall–Kier alpha value is -3.89. The van der Waals surface area contributed by atoms with Crippen molar-refractivity contribution in [1.82, 2.24) is 30.4 Å². The summed E-state index contributed by atoms with van der Waals surface area (Å²) in [6.45, 7) is 0.646. The van der Waals surface area contributed by atoms with Gasteiger partial charge in [0.25, 0.3) is 5.91 Å². The topological polar surface area (TPSA) is 102 Å². The lowest BCUT2D eigenvalue weighted by molar-refractivity contribution is -0.131. The molecule has 4 rings (SSSR count). The number of benzene rings is 2. The van der Waals surface area contributed by atoms with Gasteiger partial charge in [-0.25, -0.2) is 4.79 Å². The Labute approximate surface area is 188 Å². The minimum Gasteiger partial charge on any atom is -0.435 e. The zero-order chi connectivity index (χ0) is 23.6. The van der Waals surface area contributed by atoms with Crippen LogP contribution in [0.3, 0.4) is 0 Å². The molecule has 9 nitrogen and oxygen atoms in total. The molecule has 172 valence electrons. The van der Waals surface area contributed by atoms with Crippen molar-refractivity contribution >= 4 is 11.9 Å². The Bertz CT molecular complexity index is 1150. The number of alkyl halides is 2. The van der Waals surface area contributed by atoms with E-state index in [9.17, 15) is 18.4 Å². The van der Waals surface area contributed by atoms with Gasteiger partial charge in [-0.3, -0.25) is 9.69 Å². The molecule has 0 radical (unpaired) electrons. The van der Waals surface area contributed by atoms with Gasteiger partial charge in [-0.15, -0.1) is 5.10 Å². The molecule has 3 amide bonds. The number of rotatable bonds is 8. The lowest BCUT2D eigenvalue weighted by atomic mass is 9.91. The first-order valence-corrected chi connectivity index (χ1v) is 10.4. The molecule has 11 heteroatoms. The molecule has 0 spiro atoms. The smallest absolute Gasteiger partial charge is 0.387 e. The van der Waals surface area contributed by atoms with E-state index in [2.05, 4.69) is 32.5 Å². The van der Waals surface area contributed by atoms with E-state index in [1.807, 2.05) is 24.3 Å². The Kier molecular flexibility index (Phi) is 6.03. The van der Waals surface area contributed by atoms with Gasteiger partial charge in [-0.1, -0.05) is 37.6 Å². The van der Waals surface area contributed by atoms with Crippen LogP contribution < -0.4 is 10.1 Å². The van der Waals surface area contributed by atoms with Crippen molar-refractivity contribution in [2.45, 2.75) is 45.4 Å². The average Bonchev–Trinajstić information content (AvgIpc) is 3.33. The van der Waals surface area contributed by atoms with Gasteiger partial charge in [0, 0.05) is 0 Å². The van der Waals surface area contributed by atoms with Crippen molar-refractivity contribution in [3.8, 4) is 11.4 Å². The van der Waals surface area contributed by atoms with Gasteiger partial charge in [0.2, 0.25) is 0 Å².